The van der Waals surface area contributed by atoms with Crippen LogP contribution in [0.1, 0.15) is 321 Å². The van der Waals surface area contributed by atoms with Crippen molar-refractivity contribution in [1.82, 2.24) is 0 Å². The van der Waals surface area contributed by atoms with Gasteiger partial charge in [-0.2, -0.15) is 0 Å². The Labute approximate surface area is 495 Å². The Hall–Kier alpha value is 0. The Kier molecular flexibility index (Phi) is 17.0. The molecule has 0 nitrogen and oxygen atoms in total. The molecule has 16 aliphatic carbocycles. The van der Waals surface area contributed by atoms with Gasteiger partial charge in [0.1, 0.15) is 0 Å². The van der Waals surface area contributed by atoms with Crippen molar-refractivity contribution in [2.24, 2.45) is 178 Å². The summed E-state index contributed by atoms with van der Waals surface area (Å²) in [4.78, 5) is 0. The summed E-state index contributed by atoms with van der Waals surface area (Å²) >= 11 is 0. The average molecular weight is 1090 g/mol. The van der Waals surface area contributed by atoms with Crippen LogP contribution in [0.25, 0.3) is 0 Å². The van der Waals surface area contributed by atoms with Crippen LogP contribution in [-0.2, 0) is 0 Å². The number of rotatable bonds is 7. The van der Waals surface area contributed by atoms with E-state index in [9.17, 15) is 0 Å². The van der Waals surface area contributed by atoms with E-state index < -0.39 is 0 Å². The summed E-state index contributed by atoms with van der Waals surface area (Å²) < 4.78 is 0. The van der Waals surface area contributed by atoms with Crippen LogP contribution in [0.4, 0.5) is 0 Å². The Bertz CT molecular complexity index is 1860. The maximum Gasteiger partial charge on any atom is -0.0318 e. The quantitative estimate of drug-likeness (QED) is 0.238. The van der Waals surface area contributed by atoms with E-state index in [1.54, 1.807) is 321 Å². The minimum atomic E-state index is 1.09. The molecule has 0 radical (unpaired) electrons. The largest absolute Gasteiger partial charge is 0.0530 e. The van der Waals surface area contributed by atoms with Crippen LogP contribution in [0, 0.1) is 178 Å². The van der Waals surface area contributed by atoms with Crippen molar-refractivity contribution in [3.05, 3.63) is 0 Å². The van der Waals surface area contributed by atoms with E-state index in [-0.39, 0.29) is 0 Å². The standard InChI is InChI=1S/C80H130/c1-3-23-55-43-57(41-39-51(55)19-1)59-45-60(58-42-40-52-20-2-4-24-56(52)44-58)47-63(46-59)77-69-29-9-13-33-73(69)79(74-34-14-10-30-70(74)77)80-75-35-15-11-31-71(75)78(72-32-12-16-36-76(72)80)64-49-61(67-37-17-25-53-21-5-7-27-65(53)67)48-62(50-64)68-38-18-26-54-22-6-8-28-66(54)68/h51-80H,1-50H2. The molecule has 0 aromatic rings. The monoisotopic (exact) mass is 1090 g/mol. The molecule has 16 saturated carbocycles. The van der Waals surface area contributed by atoms with Gasteiger partial charge in [0.25, 0.3) is 0 Å². The molecule has 0 N–H and O–H groups in total. The fraction of sp³-hybridized carbons (Fsp3) is 1.00. The Morgan fingerprint density at radius 2 is 0.300 bits per heavy atom. The van der Waals surface area contributed by atoms with E-state index in [0.29, 0.717) is 0 Å². The molecule has 16 fully saturated rings. The van der Waals surface area contributed by atoms with Gasteiger partial charge in [-0.05, 0) is 332 Å². The first-order valence-corrected chi connectivity index (χ1v) is 39.7. The lowest BCUT2D eigenvalue weighted by Gasteiger charge is -2.66. The molecular weight excluding hydrogens is 961 g/mol. The third kappa shape index (κ3) is 10.5. The molecule has 0 heteroatoms. The fourth-order valence-electron chi connectivity index (χ4n) is 31.2. The topological polar surface area (TPSA) is 0 Å². The van der Waals surface area contributed by atoms with Crippen LogP contribution < -0.4 is 0 Å². The highest BCUT2D eigenvalue weighted by Crippen LogP contribution is 2.70. The Morgan fingerprint density at radius 3 is 0.675 bits per heavy atom. The normalized spacial score (nSPS) is 55.5. The molecule has 0 aliphatic heterocycles. The van der Waals surface area contributed by atoms with E-state index >= 15 is 0 Å². The zero-order chi connectivity index (χ0) is 52.7. The maximum absolute atomic E-state index is 1.72. The smallest absolute Gasteiger partial charge is 0.0318 e. The minimum Gasteiger partial charge on any atom is -0.0530 e. The molecule has 0 heterocycles. The molecule has 0 saturated heterocycles. The van der Waals surface area contributed by atoms with Crippen molar-refractivity contribution in [3.63, 3.8) is 0 Å². The average Bonchev–Trinajstić information content (AvgIpc) is 3.54. The van der Waals surface area contributed by atoms with Gasteiger partial charge >= 0.3 is 0 Å². The molecule has 0 bridgehead atoms. The molecule has 0 aromatic carbocycles. The molecule has 24 unspecified atom stereocenters. The van der Waals surface area contributed by atoms with Gasteiger partial charge in [-0.1, -0.05) is 167 Å². The summed E-state index contributed by atoms with van der Waals surface area (Å²) in [6.45, 7) is 0. The summed E-state index contributed by atoms with van der Waals surface area (Å²) in [5, 5.41) is 0. The molecule has 24 atom stereocenters. The number of hydrogen-bond donors (Lipinski definition) is 0. The predicted molar refractivity (Wildman–Crippen MR) is 336 cm³/mol. The molecule has 0 spiro atoms. The number of hydrogen-bond acceptors (Lipinski definition) is 0. The van der Waals surface area contributed by atoms with Crippen LogP contribution in [0.15, 0.2) is 0 Å². The van der Waals surface area contributed by atoms with Gasteiger partial charge < -0.3 is 0 Å². The van der Waals surface area contributed by atoms with E-state index in [4.69, 9.17) is 0 Å². The van der Waals surface area contributed by atoms with Crippen molar-refractivity contribution < 1.29 is 0 Å². The van der Waals surface area contributed by atoms with Crippen molar-refractivity contribution in [1.29, 1.82) is 0 Å². The summed E-state index contributed by atoms with van der Waals surface area (Å²) in [5.74, 6) is 33.3. The van der Waals surface area contributed by atoms with Crippen LogP contribution in [0.5, 0.6) is 0 Å². The van der Waals surface area contributed by atoms with Crippen LogP contribution in [0.3, 0.4) is 0 Å². The Balaban J connectivity index is 0.718. The van der Waals surface area contributed by atoms with Crippen molar-refractivity contribution in [3.8, 4) is 0 Å². The number of fused-ring (bicyclic) bond motifs is 8. The maximum atomic E-state index is 1.72. The second-order valence-electron chi connectivity index (χ2n) is 36.1. The second-order valence-corrected chi connectivity index (χ2v) is 36.1. The molecule has 0 aromatic heterocycles. The van der Waals surface area contributed by atoms with Crippen LogP contribution in [-0.4, -0.2) is 0 Å². The molecule has 450 valence electrons. The fourth-order valence-corrected chi connectivity index (χ4v) is 31.2. The third-order valence-electron chi connectivity index (χ3n) is 33.6. The van der Waals surface area contributed by atoms with Gasteiger partial charge in [0.2, 0.25) is 0 Å². The molecule has 16 rings (SSSR count). The summed E-state index contributed by atoms with van der Waals surface area (Å²) in [6, 6.07) is 0. The van der Waals surface area contributed by atoms with E-state index in [0.717, 1.165) is 178 Å². The highest BCUT2D eigenvalue weighted by Gasteiger charge is 2.63. The lowest BCUT2D eigenvalue weighted by molar-refractivity contribution is -0.179. The van der Waals surface area contributed by atoms with Gasteiger partial charge in [0, 0.05) is 0 Å². The van der Waals surface area contributed by atoms with Crippen molar-refractivity contribution >= 4 is 0 Å². The predicted octanol–water partition coefficient (Wildman–Crippen LogP) is 23.2. The highest BCUT2D eigenvalue weighted by atomic mass is 14.7. The molecule has 16 aliphatic rings. The van der Waals surface area contributed by atoms with Gasteiger partial charge in [-0.15, -0.1) is 0 Å². The van der Waals surface area contributed by atoms with E-state index in [1.807, 2.05) is 0 Å². The zero-order valence-electron chi connectivity index (χ0n) is 52.7. The minimum absolute atomic E-state index is 1.09. The summed E-state index contributed by atoms with van der Waals surface area (Å²) in [5.41, 5.74) is 0. The first kappa shape index (κ1) is 55.3. The first-order valence-electron chi connectivity index (χ1n) is 39.7. The lowest BCUT2D eigenvalue weighted by atomic mass is 9.39. The van der Waals surface area contributed by atoms with E-state index in [2.05, 4.69) is 0 Å². The first-order chi connectivity index (χ1) is 39.7. The van der Waals surface area contributed by atoms with Gasteiger partial charge in [0.05, 0.1) is 0 Å². The van der Waals surface area contributed by atoms with Crippen molar-refractivity contribution in [2.45, 2.75) is 321 Å². The highest BCUT2D eigenvalue weighted by molar-refractivity contribution is 5.12. The Morgan fingerprint density at radius 1 is 0.100 bits per heavy atom. The van der Waals surface area contributed by atoms with Crippen LogP contribution in [0.2, 0.25) is 0 Å². The lowest BCUT2D eigenvalue weighted by Crippen LogP contribution is -2.60. The summed E-state index contributed by atoms with van der Waals surface area (Å²) in [7, 11) is 0. The van der Waals surface area contributed by atoms with Crippen LogP contribution >= 0.6 is 0 Å². The zero-order valence-corrected chi connectivity index (χ0v) is 52.7. The van der Waals surface area contributed by atoms with Crippen molar-refractivity contribution in [2.75, 3.05) is 0 Å². The SMILES string of the molecule is C1CCC2CC(C3CC(C4CCC5CCCCC5C4)CC(C4C5CCCCC5C(C5C6CCCCC6C(C6CC(C7CCCC8CCCCC87)CC(C7CCCC8CCCCC87)C6)C6CCCCC65)C5CCCCC54)C3)CCC2C1. The van der Waals surface area contributed by atoms with E-state index in [1.165, 1.54) is 0 Å². The van der Waals surface area contributed by atoms with Gasteiger partial charge in [0.15, 0.2) is 0 Å². The molecular formula is C80H130. The molecule has 0 amide bonds. The van der Waals surface area contributed by atoms with Gasteiger partial charge in [-0.3, -0.25) is 0 Å². The second kappa shape index (κ2) is 24.5. The summed E-state index contributed by atoms with van der Waals surface area (Å²) in [6.07, 6.45) is 81.7. The van der Waals surface area contributed by atoms with Gasteiger partial charge in [-0.25, -0.2) is 0 Å². The molecule has 80 heavy (non-hydrogen) atoms. The third-order valence-corrected chi connectivity index (χ3v) is 33.6.